The van der Waals surface area contributed by atoms with Gasteiger partial charge in [-0.2, -0.15) is 0 Å². The summed E-state index contributed by atoms with van der Waals surface area (Å²) in [4.78, 5) is 24.7. The molecule has 134 valence electrons. The van der Waals surface area contributed by atoms with E-state index in [1.165, 1.54) is 0 Å². The lowest BCUT2D eigenvalue weighted by molar-refractivity contribution is -0.146. The lowest BCUT2D eigenvalue weighted by atomic mass is 9.77. The predicted molar refractivity (Wildman–Crippen MR) is 92.4 cm³/mol. The number of amides is 1. The summed E-state index contributed by atoms with van der Waals surface area (Å²) in [5, 5.41) is 13.3. The van der Waals surface area contributed by atoms with Crippen LogP contribution in [-0.2, 0) is 16.1 Å². The van der Waals surface area contributed by atoms with Gasteiger partial charge < -0.3 is 19.6 Å². The zero-order valence-corrected chi connectivity index (χ0v) is 14.5. The number of carboxylic acid groups (broad SMARTS) is 1. The van der Waals surface area contributed by atoms with Gasteiger partial charge in [0.15, 0.2) is 5.76 Å². The SMILES string of the molecule is COCc1c(C(=O)NC2(C(=O)O)CCC(C)CC2)oc2ccccc12. The number of fused-ring (bicyclic) bond motifs is 1. The quantitative estimate of drug-likeness (QED) is 0.867. The Morgan fingerprint density at radius 2 is 2.00 bits per heavy atom. The minimum atomic E-state index is -1.23. The van der Waals surface area contributed by atoms with Gasteiger partial charge >= 0.3 is 5.97 Å². The molecule has 1 aromatic carbocycles. The van der Waals surface area contributed by atoms with Gasteiger partial charge in [0.05, 0.1) is 6.61 Å². The largest absolute Gasteiger partial charge is 0.480 e. The molecule has 3 rings (SSSR count). The number of para-hydroxylation sites is 1. The number of rotatable bonds is 5. The van der Waals surface area contributed by atoms with Gasteiger partial charge in [0.1, 0.15) is 11.1 Å². The highest BCUT2D eigenvalue weighted by Gasteiger charge is 2.43. The Balaban J connectivity index is 1.93. The van der Waals surface area contributed by atoms with Gasteiger partial charge in [0.25, 0.3) is 5.91 Å². The van der Waals surface area contributed by atoms with Crippen molar-refractivity contribution in [2.45, 2.75) is 44.8 Å². The van der Waals surface area contributed by atoms with Crippen LogP contribution in [0.4, 0.5) is 0 Å². The maximum atomic E-state index is 12.8. The van der Waals surface area contributed by atoms with E-state index in [1.807, 2.05) is 18.2 Å². The van der Waals surface area contributed by atoms with Crippen LogP contribution >= 0.6 is 0 Å². The van der Waals surface area contributed by atoms with E-state index in [0.717, 1.165) is 18.2 Å². The van der Waals surface area contributed by atoms with Crippen molar-refractivity contribution < 1.29 is 23.8 Å². The van der Waals surface area contributed by atoms with Crippen LogP contribution in [-0.4, -0.2) is 29.6 Å². The maximum absolute atomic E-state index is 12.8. The number of carbonyl (C=O) groups excluding carboxylic acids is 1. The van der Waals surface area contributed by atoms with Gasteiger partial charge in [0.2, 0.25) is 0 Å². The summed E-state index contributed by atoms with van der Waals surface area (Å²) in [6.45, 7) is 2.32. The van der Waals surface area contributed by atoms with E-state index in [9.17, 15) is 14.7 Å². The second kappa shape index (κ2) is 6.88. The number of aliphatic carboxylic acids is 1. The molecule has 0 bridgehead atoms. The van der Waals surface area contributed by atoms with Crippen molar-refractivity contribution in [3.05, 3.63) is 35.6 Å². The van der Waals surface area contributed by atoms with Gasteiger partial charge in [-0.15, -0.1) is 0 Å². The highest BCUT2D eigenvalue weighted by atomic mass is 16.5. The number of furan rings is 1. The molecule has 0 saturated heterocycles. The summed E-state index contributed by atoms with van der Waals surface area (Å²) in [6, 6.07) is 7.32. The van der Waals surface area contributed by atoms with Crippen molar-refractivity contribution in [1.29, 1.82) is 0 Å². The maximum Gasteiger partial charge on any atom is 0.329 e. The van der Waals surface area contributed by atoms with Crippen molar-refractivity contribution in [2.24, 2.45) is 5.92 Å². The molecule has 6 heteroatoms. The van der Waals surface area contributed by atoms with Crippen LogP contribution in [0.1, 0.15) is 48.7 Å². The fourth-order valence-electron chi connectivity index (χ4n) is 3.49. The Morgan fingerprint density at radius 1 is 1.32 bits per heavy atom. The zero-order chi connectivity index (χ0) is 18.0. The van der Waals surface area contributed by atoms with Crippen LogP contribution in [0.2, 0.25) is 0 Å². The third-order valence-corrected chi connectivity index (χ3v) is 5.08. The summed E-state index contributed by atoms with van der Waals surface area (Å²) in [6.07, 6.45) is 2.40. The van der Waals surface area contributed by atoms with E-state index in [1.54, 1.807) is 13.2 Å². The third-order valence-electron chi connectivity index (χ3n) is 5.08. The summed E-state index contributed by atoms with van der Waals surface area (Å²) in [5.74, 6) is -0.890. The Morgan fingerprint density at radius 3 is 2.64 bits per heavy atom. The number of hydrogen-bond donors (Lipinski definition) is 2. The molecule has 0 radical (unpaired) electrons. The molecular formula is C19H23NO5. The van der Waals surface area contributed by atoms with Gasteiger partial charge in [-0.3, -0.25) is 4.79 Å². The lowest BCUT2D eigenvalue weighted by Gasteiger charge is -2.36. The first kappa shape index (κ1) is 17.5. The minimum absolute atomic E-state index is 0.127. The molecule has 25 heavy (non-hydrogen) atoms. The summed E-state index contributed by atoms with van der Waals surface area (Å²) >= 11 is 0. The zero-order valence-electron chi connectivity index (χ0n) is 14.5. The number of nitrogens with one attached hydrogen (secondary N) is 1. The molecule has 0 atom stereocenters. The smallest absolute Gasteiger partial charge is 0.329 e. The van der Waals surface area contributed by atoms with E-state index in [0.29, 0.717) is 29.9 Å². The molecule has 1 aliphatic rings. The first-order chi connectivity index (χ1) is 12.0. The van der Waals surface area contributed by atoms with Crippen molar-refractivity contribution in [2.75, 3.05) is 7.11 Å². The van der Waals surface area contributed by atoms with Gasteiger partial charge in [-0.05, 0) is 37.7 Å². The number of methoxy groups -OCH3 is 1. The van der Waals surface area contributed by atoms with E-state index >= 15 is 0 Å². The van der Waals surface area contributed by atoms with Crippen molar-refractivity contribution in [1.82, 2.24) is 5.32 Å². The van der Waals surface area contributed by atoms with E-state index in [4.69, 9.17) is 9.15 Å². The molecule has 1 heterocycles. The average molecular weight is 345 g/mol. The standard InChI is InChI=1S/C19H23NO5/c1-12-7-9-19(10-8-12,18(22)23)20-17(21)16-14(11-24-2)13-5-3-4-6-15(13)25-16/h3-6,12H,7-11H2,1-2H3,(H,20,21)(H,22,23). The molecule has 1 aliphatic carbocycles. The number of ether oxygens (including phenoxy) is 1. The van der Waals surface area contributed by atoms with Crippen LogP contribution < -0.4 is 5.32 Å². The summed E-state index contributed by atoms with van der Waals surface area (Å²) in [5.41, 5.74) is -0.00550. The van der Waals surface area contributed by atoms with E-state index in [2.05, 4.69) is 12.2 Å². The van der Waals surface area contributed by atoms with Crippen LogP contribution in [0.5, 0.6) is 0 Å². The van der Waals surface area contributed by atoms with Crippen LogP contribution in [0.3, 0.4) is 0 Å². The molecule has 0 aliphatic heterocycles. The third kappa shape index (κ3) is 3.26. The average Bonchev–Trinajstić information content (AvgIpc) is 2.96. The first-order valence-corrected chi connectivity index (χ1v) is 8.52. The molecular weight excluding hydrogens is 322 g/mol. The van der Waals surface area contributed by atoms with E-state index < -0.39 is 17.4 Å². The monoisotopic (exact) mass is 345 g/mol. The molecule has 0 unspecified atom stereocenters. The second-order valence-corrected chi connectivity index (χ2v) is 6.86. The summed E-state index contributed by atoms with van der Waals surface area (Å²) in [7, 11) is 1.55. The van der Waals surface area contributed by atoms with Gasteiger partial charge in [0, 0.05) is 18.1 Å². The van der Waals surface area contributed by atoms with Gasteiger partial charge in [-0.1, -0.05) is 25.1 Å². The molecule has 0 spiro atoms. The molecule has 1 aromatic heterocycles. The predicted octanol–water partition coefficient (Wildman–Crippen LogP) is 3.34. The highest BCUT2D eigenvalue weighted by Crippen LogP contribution is 2.33. The summed E-state index contributed by atoms with van der Waals surface area (Å²) < 4.78 is 10.9. The Bertz CT molecular complexity index is 786. The van der Waals surface area contributed by atoms with Crippen LogP contribution in [0.15, 0.2) is 28.7 Å². The highest BCUT2D eigenvalue weighted by molar-refractivity contribution is 6.01. The second-order valence-electron chi connectivity index (χ2n) is 6.86. The Labute approximate surface area is 146 Å². The fraction of sp³-hybridized carbons (Fsp3) is 0.474. The van der Waals surface area contributed by atoms with Gasteiger partial charge in [-0.25, -0.2) is 4.79 Å². The minimum Gasteiger partial charge on any atom is -0.480 e. The van der Waals surface area contributed by atoms with Crippen molar-refractivity contribution >= 4 is 22.8 Å². The van der Waals surface area contributed by atoms with Crippen LogP contribution in [0, 0.1) is 5.92 Å². The Hall–Kier alpha value is -2.34. The van der Waals surface area contributed by atoms with E-state index in [-0.39, 0.29) is 12.4 Å². The molecule has 1 amide bonds. The topological polar surface area (TPSA) is 88.8 Å². The molecule has 6 nitrogen and oxygen atoms in total. The number of carbonyl (C=O) groups is 2. The molecule has 1 saturated carbocycles. The van der Waals surface area contributed by atoms with Crippen LogP contribution in [0.25, 0.3) is 11.0 Å². The fourth-order valence-corrected chi connectivity index (χ4v) is 3.49. The first-order valence-electron chi connectivity index (χ1n) is 8.52. The van der Waals surface area contributed by atoms with Crippen molar-refractivity contribution in [3.8, 4) is 0 Å². The number of benzene rings is 1. The van der Waals surface area contributed by atoms with Crippen molar-refractivity contribution in [3.63, 3.8) is 0 Å². The number of hydrogen-bond acceptors (Lipinski definition) is 4. The molecule has 1 fully saturated rings. The normalized spacial score (nSPS) is 23.5. The lowest BCUT2D eigenvalue weighted by Crippen LogP contribution is -2.56. The number of carboxylic acids is 1. The molecule has 2 N–H and O–H groups in total. The Kier molecular flexibility index (Phi) is 4.81. The molecule has 2 aromatic rings.